The second-order valence-electron chi connectivity index (χ2n) is 5.53. The monoisotopic (exact) mass is 263 g/mol. The standard InChI is InChI=1S/C14H21N3O2/c1-10(18)11-6-5-7-15-12(11)17-9-8-16(4)13(19)14(17,2)3/h5-7,10,18H,8-9H2,1-4H3/t10-/m1/s1. The van der Waals surface area contributed by atoms with E-state index >= 15 is 0 Å². The Kier molecular flexibility index (Phi) is 3.49. The fraction of sp³-hybridized carbons (Fsp3) is 0.571. The van der Waals surface area contributed by atoms with Crippen molar-refractivity contribution in [3.05, 3.63) is 23.9 Å². The van der Waals surface area contributed by atoms with Crippen LogP contribution in [0.15, 0.2) is 18.3 Å². The molecule has 0 unspecified atom stereocenters. The van der Waals surface area contributed by atoms with Gasteiger partial charge in [-0.2, -0.15) is 0 Å². The van der Waals surface area contributed by atoms with Crippen molar-refractivity contribution in [3.8, 4) is 0 Å². The molecular formula is C14H21N3O2. The number of rotatable bonds is 2. The second-order valence-corrected chi connectivity index (χ2v) is 5.53. The summed E-state index contributed by atoms with van der Waals surface area (Å²) >= 11 is 0. The van der Waals surface area contributed by atoms with Crippen molar-refractivity contribution in [2.75, 3.05) is 25.0 Å². The topological polar surface area (TPSA) is 56.7 Å². The van der Waals surface area contributed by atoms with Crippen molar-refractivity contribution in [2.24, 2.45) is 0 Å². The van der Waals surface area contributed by atoms with Crippen LogP contribution in [0.5, 0.6) is 0 Å². The summed E-state index contributed by atoms with van der Waals surface area (Å²) in [6, 6.07) is 3.66. The molecule has 1 saturated heterocycles. The molecule has 1 N–H and O–H groups in total. The van der Waals surface area contributed by atoms with Crippen LogP contribution in [-0.2, 0) is 4.79 Å². The van der Waals surface area contributed by atoms with Gasteiger partial charge in [-0.25, -0.2) is 4.98 Å². The van der Waals surface area contributed by atoms with Crippen molar-refractivity contribution in [3.63, 3.8) is 0 Å². The zero-order valence-electron chi connectivity index (χ0n) is 11.9. The average molecular weight is 263 g/mol. The lowest BCUT2D eigenvalue weighted by molar-refractivity contribution is -0.136. The quantitative estimate of drug-likeness (QED) is 0.871. The summed E-state index contributed by atoms with van der Waals surface area (Å²) in [7, 11) is 1.81. The molecule has 0 aromatic carbocycles. The van der Waals surface area contributed by atoms with Gasteiger partial charge in [-0.15, -0.1) is 0 Å². The highest BCUT2D eigenvalue weighted by Crippen LogP contribution is 2.31. The van der Waals surface area contributed by atoms with Gasteiger partial charge >= 0.3 is 0 Å². The summed E-state index contributed by atoms with van der Waals surface area (Å²) in [6.45, 7) is 6.88. The van der Waals surface area contributed by atoms with Crippen molar-refractivity contribution < 1.29 is 9.90 Å². The molecule has 1 aromatic rings. The third kappa shape index (κ3) is 2.30. The third-order valence-corrected chi connectivity index (χ3v) is 3.73. The smallest absolute Gasteiger partial charge is 0.247 e. The summed E-state index contributed by atoms with van der Waals surface area (Å²) in [5, 5.41) is 9.86. The predicted molar refractivity (Wildman–Crippen MR) is 73.9 cm³/mol. The number of carbonyl (C=O) groups excluding carboxylic acids is 1. The lowest BCUT2D eigenvalue weighted by Crippen LogP contribution is -2.62. The summed E-state index contributed by atoms with van der Waals surface area (Å²) in [6.07, 6.45) is 1.09. The minimum absolute atomic E-state index is 0.0703. The summed E-state index contributed by atoms with van der Waals surface area (Å²) in [5.41, 5.74) is 0.110. The van der Waals surface area contributed by atoms with Gasteiger partial charge in [-0.3, -0.25) is 4.79 Å². The molecule has 0 spiro atoms. The number of anilines is 1. The molecule has 5 nitrogen and oxygen atoms in total. The van der Waals surface area contributed by atoms with E-state index in [1.54, 1.807) is 24.1 Å². The number of piperazine rings is 1. The molecule has 1 fully saturated rings. The molecule has 1 aromatic heterocycles. The number of aromatic nitrogens is 1. The molecule has 5 heteroatoms. The molecule has 0 bridgehead atoms. The first kappa shape index (κ1) is 13.8. The van der Waals surface area contributed by atoms with E-state index in [4.69, 9.17) is 0 Å². The normalized spacial score (nSPS) is 20.6. The van der Waals surface area contributed by atoms with Crippen molar-refractivity contribution in [1.82, 2.24) is 9.88 Å². The molecule has 2 heterocycles. The molecule has 1 aliphatic rings. The van der Waals surface area contributed by atoms with Crippen LogP contribution >= 0.6 is 0 Å². The van der Waals surface area contributed by atoms with Gasteiger partial charge in [0.2, 0.25) is 5.91 Å². The Morgan fingerprint density at radius 1 is 1.42 bits per heavy atom. The highest BCUT2D eigenvalue weighted by Gasteiger charge is 2.41. The minimum atomic E-state index is -0.648. The molecule has 2 rings (SSSR count). The van der Waals surface area contributed by atoms with E-state index in [0.717, 1.165) is 5.56 Å². The molecule has 1 amide bonds. The van der Waals surface area contributed by atoms with Gasteiger partial charge in [-0.05, 0) is 26.8 Å². The summed E-state index contributed by atoms with van der Waals surface area (Å²) in [5.74, 6) is 0.768. The first-order chi connectivity index (χ1) is 8.85. The van der Waals surface area contributed by atoms with Crippen LogP contribution in [0.25, 0.3) is 0 Å². The van der Waals surface area contributed by atoms with Crippen LogP contribution in [-0.4, -0.2) is 46.6 Å². The number of nitrogens with zero attached hydrogens (tertiary/aromatic N) is 3. The third-order valence-electron chi connectivity index (χ3n) is 3.73. The Hall–Kier alpha value is -1.62. The van der Waals surface area contributed by atoms with Crippen LogP contribution < -0.4 is 4.90 Å². The fourth-order valence-corrected chi connectivity index (χ4v) is 2.55. The van der Waals surface area contributed by atoms with E-state index in [2.05, 4.69) is 4.98 Å². The Morgan fingerprint density at radius 2 is 2.11 bits per heavy atom. The molecule has 0 saturated carbocycles. The Bertz CT molecular complexity index is 485. The largest absolute Gasteiger partial charge is 0.389 e. The molecular weight excluding hydrogens is 242 g/mol. The maximum Gasteiger partial charge on any atom is 0.247 e. The van der Waals surface area contributed by atoms with Gasteiger partial charge in [0.15, 0.2) is 0 Å². The number of aliphatic hydroxyl groups is 1. The van der Waals surface area contributed by atoms with E-state index in [1.165, 1.54) is 0 Å². The SMILES string of the molecule is C[C@@H](O)c1cccnc1N1CCN(C)C(=O)C1(C)C. The van der Waals surface area contributed by atoms with Crippen molar-refractivity contribution in [1.29, 1.82) is 0 Å². The lowest BCUT2D eigenvalue weighted by Gasteiger charge is -2.46. The van der Waals surface area contributed by atoms with Crippen molar-refractivity contribution >= 4 is 11.7 Å². The highest BCUT2D eigenvalue weighted by atomic mass is 16.3. The van der Waals surface area contributed by atoms with Crippen LogP contribution in [0, 0.1) is 0 Å². The number of pyridine rings is 1. The number of amides is 1. The number of carbonyl (C=O) groups is 1. The van der Waals surface area contributed by atoms with Crippen LogP contribution in [0.2, 0.25) is 0 Å². The first-order valence-corrected chi connectivity index (χ1v) is 6.52. The first-order valence-electron chi connectivity index (χ1n) is 6.52. The summed E-state index contributed by atoms with van der Waals surface area (Å²) in [4.78, 5) is 20.4. The Morgan fingerprint density at radius 3 is 2.74 bits per heavy atom. The van der Waals surface area contributed by atoms with Crippen LogP contribution in [0.1, 0.15) is 32.4 Å². The van der Waals surface area contributed by atoms with E-state index in [1.807, 2.05) is 31.9 Å². The van der Waals surface area contributed by atoms with Crippen LogP contribution in [0.3, 0.4) is 0 Å². The zero-order valence-corrected chi connectivity index (χ0v) is 11.9. The van der Waals surface area contributed by atoms with E-state index in [9.17, 15) is 9.90 Å². The predicted octanol–water partition coefficient (Wildman–Crippen LogP) is 1.19. The molecule has 104 valence electrons. The fourth-order valence-electron chi connectivity index (χ4n) is 2.55. The van der Waals surface area contributed by atoms with Gasteiger partial charge in [0.1, 0.15) is 11.4 Å². The molecule has 0 radical (unpaired) electrons. The second kappa shape index (κ2) is 4.81. The van der Waals surface area contributed by atoms with E-state index in [-0.39, 0.29) is 5.91 Å². The highest BCUT2D eigenvalue weighted by molar-refractivity contribution is 5.90. The van der Waals surface area contributed by atoms with Gasteiger partial charge < -0.3 is 14.9 Å². The average Bonchev–Trinajstić information content (AvgIpc) is 2.36. The Labute approximate surface area is 113 Å². The molecule has 1 atom stereocenters. The molecule has 19 heavy (non-hydrogen) atoms. The Balaban J connectivity index is 2.44. The maximum absolute atomic E-state index is 12.3. The maximum atomic E-state index is 12.3. The molecule has 0 aliphatic carbocycles. The number of likely N-dealkylation sites (N-methyl/N-ethyl adjacent to an activating group) is 1. The van der Waals surface area contributed by atoms with Gasteiger partial charge in [0, 0.05) is 31.9 Å². The number of hydrogen-bond acceptors (Lipinski definition) is 4. The van der Waals surface area contributed by atoms with E-state index < -0.39 is 11.6 Å². The number of hydrogen-bond donors (Lipinski definition) is 1. The summed E-state index contributed by atoms with van der Waals surface area (Å²) < 4.78 is 0. The molecule has 1 aliphatic heterocycles. The van der Waals surface area contributed by atoms with Gasteiger partial charge in [0.05, 0.1) is 6.10 Å². The number of aliphatic hydroxyl groups excluding tert-OH is 1. The zero-order chi connectivity index (χ0) is 14.2. The van der Waals surface area contributed by atoms with Crippen LogP contribution in [0.4, 0.5) is 5.82 Å². The minimum Gasteiger partial charge on any atom is -0.389 e. The lowest BCUT2D eigenvalue weighted by atomic mass is 9.96. The van der Waals surface area contributed by atoms with Crippen molar-refractivity contribution in [2.45, 2.75) is 32.4 Å². The van der Waals surface area contributed by atoms with Gasteiger partial charge in [-0.1, -0.05) is 6.07 Å². The van der Waals surface area contributed by atoms with Gasteiger partial charge in [0.25, 0.3) is 0 Å². The van der Waals surface area contributed by atoms with E-state index in [0.29, 0.717) is 18.9 Å².